The number of hydrogen-bond acceptors (Lipinski definition) is 6. The molecule has 0 aliphatic carbocycles. The molecule has 1 aromatic heterocycles. The van der Waals surface area contributed by atoms with E-state index in [1.54, 1.807) is 23.9 Å². The lowest BCUT2D eigenvalue weighted by Gasteiger charge is -2.09. The average molecular weight is 443 g/mol. The minimum atomic E-state index is -0.189. The highest BCUT2D eigenvalue weighted by Crippen LogP contribution is 2.29. The Morgan fingerprint density at radius 1 is 0.935 bits per heavy atom. The molecule has 0 aliphatic rings. The molecule has 1 N–H and O–H groups in total. The zero-order valence-electron chi connectivity index (χ0n) is 16.5. The Morgan fingerprint density at radius 3 is 2.45 bits per heavy atom. The summed E-state index contributed by atoms with van der Waals surface area (Å²) in [6.07, 6.45) is 0.687. The normalized spacial score (nSPS) is 10.4. The highest BCUT2D eigenvalue weighted by Gasteiger charge is 2.14. The fourth-order valence-corrected chi connectivity index (χ4v) is 4.72. The third kappa shape index (κ3) is 5.57. The fraction of sp³-hybridized carbons (Fsp3) is 0.0833. The molecule has 0 spiro atoms. The second kappa shape index (κ2) is 10.0. The second-order valence-electron chi connectivity index (χ2n) is 6.74. The molecule has 7 heteroatoms. The van der Waals surface area contributed by atoms with Gasteiger partial charge in [0.2, 0.25) is 5.13 Å². The predicted molar refractivity (Wildman–Crippen MR) is 124 cm³/mol. The summed E-state index contributed by atoms with van der Waals surface area (Å²) in [5.41, 5.74) is 4.49. The van der Waals surface area contributed by atoms with E-state index in [2.05, 4.69) is 33.7 Å². The maximum atomic E-state index is 12.9. The van der Waals surface area contributed by atoms with Gasteiger partial charge in [0, 0.05) is 11.3 Å². The van der Waals surface area contributed by atoms with Crippen molar-refractivity contribution in [2.75, 3.05) is 5.32 Å². The first-order valence-electron chi connectivity index (χ1n) is 9.60. The SMILES string of the molecule is N#Cc1ccc(CSc2nnc(NC(=O)c3ccccc3Cc3ccccc3)s2)cc1. The van der Waals surface area contributed by atoms with Crippen LogP contribution in [0.4, 0.5) is 5.13 Å². The van der Waals surface area contributed by atoms with Crippen LogP contribution in [0, 0.1) is 11.3 Å². The lowest BCUT2D eigenvalue weighted by molar-refractivity contribution is 0.102. The number of amides is 1. The Labute approximate surface area is 188 Å². The first-order chi connectivity index (χ1) is 15.2. The van der Waals surface area contributed by atoms with Crippen molar-refractivity contribution in [1.29, 1.82) is 5.26 Å². The number of anilines is 1. The van der Waals surface area contributed by atoms with Gasteiger partial charge in [-0.25, -0.2) is 0 Å². The summed E-state index contributed by atoms with van der Waals surface area (Å²) in [5, 5.41) is 20.5. The van der Waals surface area contributed by atoms with Gasteiger partial charge in [-0.2, -0.15) is 5.26 Å². The van der Waals surface area contributed by atoms with Crippen LogP contribution in [0.25, 0.3) is 0 Å². The van der Waals surface area contributed by atoms with Crippen molar-refractivity contribution in [3.63, 3.8) is 0 Å². The molecule has 0 saturated heterocycles. The minimum absolute atomic E-state index is 0.189. The summed E-state index contributed by atoms with van der Waals surface area (Å²) in [5.74, 6) is 0.528. The van der Waals surface area contributed by atoms with Crippen molar-refractivity contribution >= 4 is 34.1 Å². The van der Waals surface area contributed by atoms with Crippen LogP contribution in [0.3, 0.4) is 0 Å². The van der Waals surface area contributed by atoms with Gasteiger partial charge in [-0.3, -0.25) is 10.1 Å². The Balaban J connectivity index is 1.39. The topological polar surface area (TPSA) is 78.7 Å². The molecule has 1 heterocycles. The number of rotatable bonds is 7. The summed E-state index contributed by atoms with van der Waals surface area (Å²) in [6.45, 7) is 0. The molecule has 0 atom stereocenters. The fourth-order valence-electron chi connectivity index (χ4n) is 3.02. The van der Waals surface area contributed by atoms with Crippen LogP contribution in [-0.2, 0) is 12.2 Å². The largest absolute Gasteiger partial charge is 0.296 e. The number of benzene rings is 3. The molecule has 1 amide bonds. The smallest absolute Gasteiger partial charge is 0.257 e. The molecule has 0 saturated carbocycles. The molecule has 0 fully saturated rings. The van der Waals surface area contributed by atoms with Gasteiger partial charge in [-0.1, -0.05) is 83.8 Å². The molecular weight excluding hydrogens is 424 g/mol. The third-order valence-corrected chi connectivity index (χ3v) is 6.61. The lowest BCUT2D eigenvalue weighted by atomic mass is 9.99. The van der Waals surface area contributed by atoms with E-state index in [1.807, 2.05) is 54.6 Å². The van der Waals surface area contributed by atoms with E-state index in [1.165, 1.54) is 11.3 Å². The van der Waals surface area contributed by atoms with Crippen molar-refractivity contribution in [3.8, 4) is 6.07 Å². The van der Waals surface area contributed by atoms with Crippen LogP contribution >= 0.6 is 23.1 Å². The zero-order valence-corrected chi connectivity index (χ0v) is 18.1. The van der Waals surface area contributed by atoms with Crippen LogP contribution in [0.15, 0.2) is 83.2 Å². The van der Waals surface area contributed by atoms with Gasteiger partial charge in [-0.05, 0) is 41.3 Å². The van der Waals surface area contributed by atoms with E-state index in [9.17, 15) is 4.79 Å². The minimum Gasteiger partial charge on any atom is -0.296 e. The molecule has 5 nitrogen and oxygen atoms in total. The monoisotopic (exact) mass is 442 g/mol. The summed E-state index contributed by atoms with van der Waals surface area (Å²) >= 11 is 2.90. The van der Waals surface area contributed by atoms with E-state index in [0.717, 1.165) is 21.0 Å². The van der Waals surface area contributed by atoms with Gasteiger partial charge >= 0.3 is 0 Å². The zero-order chi connectivity index (χ0) is 21.5. The highest BCUT2D eigenvalue weighted by atomic mass is 32.2. The Morgan fingerprint density at radius 2 is 1.68 bits per heavy atom. The van der Waals surface area contributed by atoms with Crippen molar-refractivity contribution in [2.45, 2.75) is 16.5 Å². The molecular formula is C24H18N4OS2. The average Bonchev–Trinajstić information content (AvgIpc) is 3.26. The molecule has 3 aromatic carbocycles. The molecule has 4 aromatic rings. The summed E-state index contributed by atoms with van der Waals surface area (Å²) < 4.78 is 0.775. The Hall–Kier alpha value is -3.47. The van der Waals surface area contributed by atoms with Gasteiger partial charge in [0.1, 0.15) is 0 Å². The van der Waals surface area contributed by atoms with Gasteiger partial charge < -0.3 is 0 Å². The summed E-state index contributed by atoms with van der Waals surface area (Å²) in [7, 11) is 0. The third-order valence-electron chi connectivity index (χ3n) is 4.57. The molecule has 0 bridgehead atoms. The number of thioether (sulfide) groups is 1. The number of nitrogens with one attached hydrogen (secondary N) is 1. The van der Waals surface area contributed by atoms with Crippen LogP contribution in [0.2, 0.25) is 0 Å². The van der Waals surface area contributed by atoms with Crippen molar-refractivity contribution in [1.82, 2.24) is 10.2 Å². The maximum absolute atomic E-state index is 12.9. The molecule has 0 aliphatic heterocycles. The predicted octanol–water partition coefficient (Wildman–Crippen LogP) is 5.55. The molecule has 0 unspecified atom stereocenters. The molecule has 4 rings (SSSR count). The number of nitrogens with zero attached hydrogens (tertiary/aromatic N) is 3. The van der Waals surface area contributed by atoms with E-state index in [0.29, 0.717) is 28.4 Å². The summed E-state index contributed by atoms with van der Waals surface area (Å²) in [6, 6.07) is 27.3. The van der Waals surface area contributed by atoms with Crippen LogP contribution < -0.4 is 5.32 Å². The first-order valence-corrected chi connectivity index (χ1v) is 11.4. The van der Waals surface area contributed by atoms with Gasteiger partial charge in [-0.15, -0.1) is 10.2 Å². The van der Waals surface area contributed by atoms with Crippen molar-refractivity contribution < 1.29 is 4.79 Å². The molecule has 0 radical (unpaired) electrons. The van der Waals surface area contributed by atoms with Gasteiger partial charge in [0.05, 0.1) is 11.6 Å². The number of carbonyl (C=O) groups is 1. The maximum Gasteiger partial charge on any atom is 0.257 e. The Kier molecular flexibility index (Phi) is 6.72. The van der Waals surface area contributed by atoms with Crippen molar-refractivity contribution in [3.05, 3.63) is 107 Å². The van der Waals surface area contributed by atoms with Crippen LogP contribution in [0.1, 0.15) is 32.6 Å². The Bertz CT molecular complexity index is 1210. The molecule has 152 valence electrons. The highest BCUT2D eigenvalue weighted by molar-refractivity contribution is 8.00. The number of nitriles is 1. The van der Waals surface area contributed by atoms with E-state index >= 15 is 0 Å². The van der Waals surface area contributed by atoms with Gasteiger partial charge in [0.25, 0.3) is 5.91 Å². The van der Waals surface area contributed by atoms with Crippen LogP contribution in [0.5, 0.6) is 0 Å². The van der Waals surface area contributed by atoms with E-state index in [4.69, 9.17) is 5.26 Å². The van der Waals surface area contributed by atoms with Gasteiger partial charge in [0.15, 0.2) is 4.34 Å². The lowest BCUT2D eigenvalue weighted by Crippen LogP contribution is -2.14. The van der Waals surface area contributed by atoms with E-state index < -0.39 is 0 Å². The van der Waals surface area contributed by atoms with Crippen molar-refractivity contribution in [2.24, 2.45) is 0 Å². The standard InChI is InChI=1S/C24H18N4OS2/c25-15-18-10-12-19(13-11-18)16-30-24-28-27-23(31-24)26-22(29)21-9-5-4-8-20(21)14-17-6-2-1-3-7-17/h1-13H,14,16H2,(H,26,27,29). The quantitative estimate of drug-likeness (QED) is 0.300. The molecule has 31 heavy (non-hydrogen) atoms. The number of hydrogen-bond donors (Lipinski definition) is 1. The van der Waals surface area contributed by atoms with E-state index in [-0.39, 0.29) is 5.91 Å². The van der Waals surface area contributed by atoms with Crippen LogP contribution in [-0.4, -0.2) is 16.1 Å². The number of aromatic nitrogens is 2. The second-order valence-corrected chi connectivity index (χ2v) is 8.94. The number of carbonyl (C=O) groups excluding carboxylic acids is 1. The first kappa shape index (κ1) is 20.8. The summed E-state index contributed by atoms with van der Waals surface area (Å²) in [4.78, 5) is 12.9.